The normalized spacial score (nSPS) is 27.1. The van der Waals surface area contributed by atoms with Gasteiger partial charge in [0.2, 0.25) is 0 Å². The molecule has 0 radical (unpaired) electrons. The second-order valence-corrected chi connectivity index (χ2v) is 6.08. The molecule has 0 aliphatic heterocycles. The van der Waals surface area contributed by atoms with Crippen LogP contribution in [-0.2, 0) is 0 Å². The Morgan fingerprint density at radius 2 is 1.50 bits per heavy atom. The Kier molecular flexibility index (Phi) is 6.21. The minimum Gasteiger partial charge on any atom is -0.349 e. The van der Waals surface area contributed by atoms with Gasteiger partial charge in [-0.2, -0.15) is 0 Å². The highest BCUT2D eigenvalue weighted by Gasteiger charge is 2.43. The van der Waals surface area contributed by atoms with E-state index in [1.54, 1.807) is 0 Å². The van der Waals surface area contributed by atoms with Crippen molar-refractivity contribution in [3.63, 3.8) is 0 Å². The van der Waals surface area contributed by atoms with Crippen molar-refractivity contribution in [1.82, 2.24) is 9.80 Å². The van der Waals surface area contributed by atoms with Crippen molar-refractivity contribution in [2.45, 2.75) is 44.6 Å². The highest BCUT2D eigenvalue weighted by molar-refractivity contribution is 14.0. The summed E-state index contributed by atoms with van der Waals surface area (Å²) in [4.78, 5) is 9.15. The number of hydrogen-bond acceptors (Lipinski definition) is 1. The largest absolute Gasteiger partial charge is 0.349 e. The Bertz CT molecular complexity index is 273. The van der Waals surface area contributed by atoms with Crippen LogP contribution in [0.15, 0.2) is 4.99 Å². The van der Waals surface area contributed by atoms with Gasteiger partial charge in [0.25, 0.3) is 0 Å². The van der Waals surface area contributed by atoms with Gasteiger partial charge >= 0.3 is 0 Å². The van der Waals surface area contributed by atoms with Gasteiger partial charge in [-0.25, -0.2) is 4.99 Å². The van der Waals surface area contributed by atoms with Gasteiger partial charge in [-0.15, -0.1) is 24.0 Å². The predicted octanol–water partition coefficient (Wildman–Crippen LogP) is 3.05. The first-order chi connectivity index (χ1) is 8.09. The van der Waals surface area contributed by atoms with Gasteiger partial charge in [-0.05, 0) is 18.3 Å². The van der Waals surface area contributed by atoms with E-state index in [9.17, 15) is 0 Å². The Balaban J connectivity index is 0.00000162. The molecule has 0 spiro atoms. The summed E-state index contributed by atoms with van der Waals surface area (Å²) in [6.45, 7) is 0. The third-order valence-corrected chi connectivity index (χ3v) is 4.14. The molecule has 2 saturated carbocycles. The number of aliphatic imine (C=N–C) groups is 1. The zero-order valence-corrected chi connectivity index (χ0v) is 14.6. The summed E-state index contributed by atoms with van der Waals surface area (Å²) in [5.41, 5.74) is 0. The first-order valence-electron chi connectivity index (χ1n) is 7.02. The lowest BCUT2D eigenvalue weighted by Crippen LogP contribution is -2.35. The van der Waals surface area contributed by atoms with E-state index < -0.39 is 0 Å². The highest BCUT2D eigenvalue weighted by Crippen LogP contribution is 2.46. The summed E-state index contributed by atoms with van der Waals surface area (Å²) < 4.78 is 0. The summed E-state index contributed by atoms with van der Waals surface area (Å²) in [6, 6.07) is 0.609. The van der Waals surface area contributed by atoms with E-state index in [1.165, 1.54) is 38.5 Å². The van der Waals surface area contributed by atoms with Gasteiger partial charge in [0, 0.05) is 28.2 Å². The third-order valence-electron chi connectivity index (χ3n) is 4.14. The van der Waals surface area contributed by atoms with E-state index >= 15 is 0 Å². The van der Waals surface area contributed by atoms with Crippen LogP contribution in [0.25, 0.3) is 0 Å². The van der Waals surface area contributed by atoms with Crippen LogP contribution in [0, 0.1) is 11.8 Å². The average molecular weight is 365 g/mol. The molecule has 2 rings (SSSR count). The van der Waals surface area contributed by atoms with E-state index in [-0.39, 0.29) is 24.0 Å². The van der Waals surface area contributed by atoms with Crippen molar-refractivity contribution >= 4 is 29.9 Å². The molecule has 2 aliphatic carbocycles. The molecule has 2 unspecified atom stereocenters. The maximum absolute atomic E-state index is 4.91. The molecule has 2 atom stereocenters. The number of halogens is 1. The maximum Gasteiger partial charge on any atom is 0.195 e. The van der Waals surface area contributed by atoms with Crippen molar-refractivity contribution in [2.75, 3.05) is 28.2 Å². The summed E-state index contributed by atoms with van der Waals surface area (Å²) in [5, 5.41) is 0. The molecule has 2 fully saturated rings. The van der Waals surface area contributed by atoms with E-state index in [0.717, 1.165) is 17.8 Å². The van der Waals surface area contributed by atoms with Crippen LogP contribution in [0.4, 0.5) is 0 Å². The number of rotatable bonds is 2. The second kappa shape index (κ2) is 6.96. The fraction of sp³-hybridized carbons (Fsp3) is 0.929. The minimum atomic E-state index is 0. The van der Waals surface area contributed by atoms with Gasteiger partial charge in [0.15, 0.2) is 5.96 Å². The molecule has 0 N–H and O–H groups in total. The van der Waals surface area contributed by atoms with Crippen LogP contribution < -0.4 is 0 Å². The smallest absolute Gasteiger partial charge is 0.195 e. The van der Waals surface area contributed by atoms with E-state index in [4.69, 9.17) is 4.99 Å². The third kappa shape index (κ3) is 4.00. The minimum absolute atomic E-state index is 0. The fourth-order valence-corrected chi connectivity index (χ4v) is 3.20. The lowest BCUT2D eigenvalue weighted by Gasteiger charge is -2.24. The summed E-state index contributed by atoms with van der Waals surface area (Å²) in [7, 11) is 8.32. The first-order valence-corrected chi connectivity index (χ1v) is 7.02. The quantitative estimate of drug-likeness (QED) is 0.426. The first kappa shape index (κ1) is 16.1. The zero-order valence-electron chi connectivity index (χ0n) is 12.2. The molecule has 3 nitrogen and oxygen atoms in total. The van der Waals surface area contributed by atoms with Crippen LogP contribution in [-0.4, -0.2) is 50.0 Å². The molecule has 2 aliphatic rings. The molecule has 4 heteroatoms. The zero-order chi connectivity index (χ0) is 12.4. The average Bonchev–Trinajstić information content (AvgIpc) is 3.05. The Morgan fingerprint density at radius 1 is 0.944 bits per heavy atom. The van der Waals surface area contributed by atoms with Crippen molar-refractivity contribution < 1.29 is 0 Å². The van der Waals surface area contributed by atoms with Crippen molar-refractivity contribution in [3.8, 4) is 0 Å². The van der Waals surface area contributed by atoms with Crippen LogP contribution in [0.2, 0.25) is 0 Å². The molecule has 18 heavy (non-hydrogen) atoms. The van der Waals surface area contributed by atoms with Crippen LogP contribution in [0.3, 0.4) is 0 Å². The molecular weight excluding hydrogens is 337 g/mol. The highest BCUT2D eigenvalue weighted by atomic mass is 127. The summed E-state index contributed by atoms with van der Waals surface area (Å²) in [6.07, 6.45) is 8.59. The van der Waals surface area contributed by atoms with Gasteiger partial charge in [-0.1, -0.05) is 32.1 Å². The number of guanidine groups is 1. The van der Waals surface area contributed by atoms with E-state index in [0.29, 0.717) is 6.04 Å². The monoisotopic (exact) mass is 365 g/mol. The topological polar surface area (TPSA) is 18.8 Å². The van der Waals surface area contributed by atoms with Crippen molar-refractivity contribution in [2.24, 2.45) is 16.8 Å². The second-order valence-electron chi connectivity index (χ2n) is 6.08. The predicted molar refractivity (Wildman–Crippen MR) is 88.7 cm³/mol. The molecule has 0 amide bonds. The molecular formula is C14H28IN3. The van der Waals surface area contributed by atoms with E-state index in [2.05, 4.69) is 38.0 Å². The standard InChI is InChI=1S/C14H27N3.HI/c1-16(2)14(17(3)4)15-13-10-12(13)11-8-6-5-7-9-11;/h11-13H,5-10H2,1-4H3;1H. The van der Waals surface area contributed by atoms with E-state index in [1.807, 2.05) is 0 Å². The Hall–Kier alpha value is 0. The molecule has 0 bridgehead atoms. The van der Waals surface area contributed by atoms with Crippen LogP contribution in [0.5, 0.6) is 0 Å². The van der Waals surface area contributed by atoms with Crippen molar-refractivity contribution in [3.05, 3.63) is 0 Å². The molecule has 0 heterocycles. The number of hydrogen-bond donors (Lipinski definition) is 0. The Morgan fingerprint density at radius 3 is 2.00 bits per heavy atom. The summed E-state index contributed by atoms with van der Waals surface area (Å²) >= 11 is 0. The number of nitrogens with zero attached hydrogens (tertiary/aromatic N) is 3. The van der Waals surface area contributed by atoms with Gasteiger partial charge in [0.1, 0.15) is 0 Å². The van der Waals surface area contributed by atoms with Gasteiger partial charge in [0.05, 0.1) is 6.04 Å². The molecule has 0 aromatic rings. The summed E-state index contributed by atoms with van der Waals surface area (Å²) in [5.74, 6) is 2.99. The lowest BCUT2D eigenvalue weighted by molar-refractivity contribution is 0.317. The Labute approximate surface area is 129 Å². The molecule has 106 valence electrons. The van der Waals surface area contributed by atoms with Gasteiger partial charge < -0.3 is 9.80 Å². The fourth-order valence-electron chi connectivity index (χ4n) is 3.20. The maximum atomic E-state index is 4.91. The van der Waals surface area contributed by atoms with Crippen molar-refractivity contribution in [1.29, 1.82) is 0 Å². The molecule has 0 aromatic heterocycles. The van der Waals surface area contributed by atoms with Gasteiger partial charge in [-0.3, -0.25) is 0 Å². The lowest BCUT2D eigenvalue weighted by atomic mass is 9.85. The van der Waals surface area contributed by atoms with Crippen LogP contribution >= 0.6 is 24.0 Å². The SMILES string of the molecule is CN(C)C(=NC1CC1C1CCCCC1)N(C)C.I. The molecule has 0 aromatic carbocycles. The molecule has 0 saturated heterocycles. The van der Waals surface area contributed by atoms with Crippen LogP contribution in [0.1, 0.15) is 38.5 Å².